The third-order valence-corrected chi connectivity index (χ3v) is 5.98. The number of carbonyl (C=O) groups is 1. The van der Waals surface area contributed by atoms with Crippen LogP contribution in [0, 0.1) is 11.8 Å². The van der Waals surface area contributed by atoms with Crippen molar-refractivity contribution in [2.24, 2.45) is 11.8 Å². The minimum atomic E-state index is 0.217. The van der Waals surface area contributed by atoms with Crippen LogP contribution in [0.25, 0.3) is 0 Å². The Kier molecular flexibility index (Phi) is 5.67. The molecule has 2 fully saturated rings. The van der Waals surface area contributed by atoms with Crippen LogP contribution in [0.4, 0.5) is 0 Å². The molecule has 4 heteroatoms. The maximum absolute atomic E-state index is 12.3. The van der Waals surface area contributed by atoms with Crippen molar-refractivity contribution >= 4 is 5.91 Å². The summed E-state index contributed by atoms with van der Waals surface area (Å²) in [6.07, 6.45) is 5.94. The Labute approximate surface area is 130 Å². The summed E-state index contributed by atoms with van der Waals surface area (Å²) in [6, 6.07) is 0.383. The summed E-state index contributed by atoms with van der Waals surface area (Å²) in [6.45, 7) is 9.47. The van der Waals surface area contributed by atoms with E-state index in [1.165, 1.54) is 12.8 Å². The monoisotopic (exact) mass is 295 g/mol. The van der Waals surface area contributed by atoms with Crippen molar-refractivity contribution < 1.29 is 4.79 Å². The van der Waals surface area contributed by atoms with Crippen molar-refractivity contribution in [3.05, 3.63) is 0 Å². The first-order valence-corrected chi connectivity index (χ1v) is 8.64. The second-order valence-electron chi connectivity index (χ2n) is 7.53. The number of carbonyl (C=O) groups excluding carboxylic acids is 1. The van der Waals surface area contributed by atoms with Crippen LogP contribution in [0.5, 0.6) is 0 Å². The first-order valence-electron chi connectivity index (χ1n) is 8.64. The smallest absolute Gasteiger partial charge is 0.234 e. The first-order chi connectivity index (χ1) is 9.93. The summed E-state index contributed by atoms with van der Waals surface area (Å²) in [5, 5.41) is 6.69. The second-order valence-corrected chi connectivity index (χ2v) is 7.53. The molecule has 1 saturated heterocycles. The van der Waals surface area contributed by atoms with Crippen LogP contribution in [0.3, 0.4) is 0 Å². The van der Waals surface area contributed by atoms with Gasteiger partial charge in [-0.05, 0) is 45.1 Å². The van der Waals surface area contributed by atoms with Crippen LogP contribution in [0.15, 0.2) is 0 Å². The van der Waals surface area contributed by atoms with Gasteiger partial charge in [0.1, 0.15) is 0 Å². The molecule has 2 N–H and O–H groups in total. The van der Waals surface area contributed by atoms with Crippen molar-refractivity contribution in [1.82, 2.24) is 15.5 Å². The molecule has 1 heterocycles. The summed E-state index contributed by atoms with van der Waals surface area (Å²) in [4.78, 5) is 14.6. The lowest BCUT2D eigenvalue weighted by molar-refractivity contribution is -0.124. The van der Waals surface area contributed by atoms with Crippen LogP contribution >= 0.6 is 0 Å². The topological polar surface area (TPSA) is 44.4 Å². The molecular formula is C17H33N3O. The predicted molar refractivity (Wildman–Crippen MR) is 87.2 cm³/mol. The quantitative estimate of drug-likeness (QED) is 0.834. The van der Waals surface area contributed by atoms with Gasteiger partial charge in [-0.2, -0.15) is 0 Å². The average Bonchev–Trinajstić information content (AvgIpc) is 2.47. The second kappa shape index (κ2) is 7.10. The molecular weight excluding hydrogens is 262 g/mol. The molecule has 3 atom stereocenters. The molecule has 3 unspecified atom stereocenters. The minimum Gasteiger partial charge on any atom is -0.352 e. The fourth-order valence-corrected chi connectivity index (χ4v) is 3.70. The van der Waals surface area contributed by atoms with Gasteiger partial charge in [-0.1, -0.05) is 26.7 Å². The lowest BCUT2D eigenvalue weighted by atomic mass is 9.78. The number of likely N-dealkylation sites (tertiary alicyclic amines) is 1. The Morgan fingerprint density at radius 2 is 1.90 bits per heavy atom. The average molecular weight is 295 g/mol. The van der Waals surface area contributed by atoms with E-state index in [0.717, 1.165) is 38.3 Å². The van der Waals surface area contributed by atoms with Crippen LogP contribution in [0.1, 0.15) is 52.9 Å². The summed E-state index contributed by atoms with van der Waals surface area (Å²) >= 11 is 0. The Morgan fingerprint density at radius 3 is 2.52 bits per heavy atom. The zero-order valence-corrected chi connectivity index (χ0v) is 14.2. The minimum absolute atomic E-state index is 0.217. The first kappa shape index (κ1) is 16.8. The fourth-order valence-electron chi connectivity index (χ4n) is 3.70. The number of nitrogens with zero attached hydrogens (tertiary/aromatic N) is 1. The van der Waals surface area contributed by atoms with Crippen molar-refractivity contribution in [1.29, 1.82) is 0 Å². The normalized spacial score (nSPS) is 33.6. The van der Waals surface area contributed by atoms with Gasteiger partial charge in [0.05, 0.1) is 6.54 Å². The molecule has 0 aromatic carbocycles. The van der Waals surface area contributed by atoms with Gasteiger partial charge in [0.2, 0.25) is 5.91 Å². The number of nitrogens with one attached hydrogen (secondary N) is 2. The summed E-state index contributed by atoms with van der Waals surface area (Å²) in [5.41, 5.74) is 0.250. The van der Waals surface area contributed by atoms with E-state index < -0.39 is 0 Å². The van der Waals surface area contributed by atoms with E-state index in [2.05, 4.69) is 36.3 Å². The highest BCUT2D eigenvalue weighted by molar-refractivity contribution is 5.78. The molecule has 1 aliphatic carbocycles. The van der Waals surface area contributed by atoms with Crippen LogP contribution in [-0.4, -0.2) is 49.1 Å². The lowest BCUT2D eigenvalue weighted by Crippen LogP contribution is -2.53. The van der Waals surface area contributed by atoms with Gasteiger partial charge in [-0.15, -0.1) is 0 Å². The molecule has 122 valence electrons. The van der Waals surface area contributed by atoms with Gasteiger partial charge >= 0.3 is 0 Å². The molecule has 0 bridgehead atoms. The van der Waals surface area contributed by atoms with Gasteiger partial charge in [0.15, 0.2) is 0 Å². The highest BCUT2D eigenvalue weighted by Crippen LogP contribution is 2.29. The molecule has 2 rings (SSSR count). The molecule has 1 amide bonds. The zero-order chi connectivity index (χ0) is 15.5. The van der Waals surface area contributed by atoms with E-state index in [-0.39, 0.29) is 11.4 Å². The number of hydrogen-bond acceptors (Lipinski definition) is 3. The predicted octanol–water partition coefficient (Wildman–Crippen LogP) is 2.00. The van der Waals surface area contributed by atoms with Gasteiger partial charge in [0.25, 0.3) is 0 Å². The molecule has 0 spiro atoms. The van der Waals surface area contributed by atoms with E-state index in [0.29, 0.717) is 18.5 Å². The van der Waals surface area contributed by atoms with Crippen LogP contribution < -0.4 is 10.6 Å². The molecule has 4 nitrogen and oxygen atoms in total. The lowest BCUT2D eigenvalue weighted by Gasteiger charge is -2.39. The van der Waals surface area contributed by atoms with E-state index >= 15 is 0 Å². The van der Waals surface area contributed by atoms with Crippen molar-refractivity contribution in [2.75, 3.05) is 26.7 Å². The van der Waals surface area contributed by atoms with E-state index in [9.17, 15) is 4.79 Å². The number of rotatable bonds is 4. The zero-order valence-electron chi connectivity index (χ0n) is 14.2. The standard InChI is InChI=1S/C17H33N3O/c1-13-6-5-7-15(14(13)2)19-16(21)12-20-10-8-17(3,18-4)9-11-20/h13-15,18H,5-12H2,1-4H3,(H,19,21). The summed E-state index contributed by atoms with van der Waals surface area (Å²) in [5.74, 6) is 1.56. The van der Waals surface area contributed by atoms with Crippen molar-refractivity contribution in [3.63, 3.8) is 0 Å². The maximum Gasteiger partial charge on any atom is 0.234 e. The van der Waals surface area contributed by atoms with E-state index in [4.69, 9.17) is 0 Å². The summed E-state index contributed by atoms with van der Waals surface area (Å²) < 4.78 is 0. The SMILES string of the molecule is CNC1(C)CCN(CC(=O)NC2CCCC(C)C2C)CC1. The molecule has 0 radical (unpaired) electrons. The third kappa shape index (κ3) is 4.43. The van der Waals surface area contributed by atoms with Gasteiger partial charge in [-0.3, -0.25) is 9.69 Å². The Hall–Kier alpha value is -0.610. The highest BCUT2D eigenvalue weighted by Gasteiger charge is 2.31. The van der Waals surface area contributed by atoms with Crippen LogP contribution in [0.2, 0.25) is 0 Å². The van der Waals surface area contributed by atoms with Crippen LogP contribution in [-0.2, 0) is 4.79 Å². The van der Waals surface area contributed by atoms with Crippen molar-refractivity contribution in [3.8, 4) is 0 Å². The molecule has 2 aliphatic rings. The van der Waals surface area contributed by atoms with Gasteiger partial charge in [-0.25, -0.2) is 0 Å². The fraction of sp³-hybridized carbons (Fsp3) is 0.941. The largest absolute Gasteiger partial charge is 0.352 e. The molecule has 0 aromatic rings. The Morgan fingerprint density at radius 1 is 1.24 bits per heavy atom. The number of amides is 1. The highest BCUT2D eigenvalue weighted by atomic mass is 16.2. The molecule has 21 heavy (non-hydrogen) atoms. The third-order valence-electron chi connectivity index (χ3n) is 5.98. The number of piperidine rings is 1. The maximum atomic E-state index is 12.3. The number of hydrogen-bond donors (Lipinski definition) is 2. The Bertz CT molecular complexity index is 350. The Balaban J connectivity index is 1.75. The van der Waals surface area contributed by atoms with Gasteiger partial charge in [0, 0.05) is 24.7 Å². The van der Waals surface area contributed by atoms with Crippen molar-refractivity contribution in [2.45, 2.75) is 64.5 Å². The molecule has 1 saturated carbocycles. The van der Waals surface area contributed by atoms with E-state index in [1.807, 2.05) is 7.05 Å². The molecule has 0 aromatic heterocycles. The summed E-state index contributed by atoms with van der Waals surface area (Å²) in [7, 11) is 2.04. The van der Waals surface area contributed by atoms with E-state index in [1.54, 1.807) is 0 Å². The molecule has 1 aliphatic heterocycles. The van der Waals surface area contributed by atoms with Gasteiger partial charge < -0.3 is 10.6 Å².